The number of rotatable bonds is 5. The van der Waals surface area contributed by atoms with E-state index in [2.05, 4.69) is 10.3 Å². The molecular formula is C14H17N3O2. The summed E-state index contributed by atoms with van der Waals surface area (Å²) in [5, 5.41) is 12.3. The molecule has 0 unspecified atom stereocenters. The number of nitrogens with zero attached hydrogens (tertiary/aromatic N) is 1. The highest BCUT2D eigenvalue weighted by atomic mass is 16.3. The van der Waals surface area contributed by atoms with Crippen LogP contribution in [-0.2, 0) is 11.2 Å². The summed E-state index contributed by atoms with van der Waals surface area (Å²) in [5.41, 5.74) is 7.95. The third kappa shape index (κ3) is 3.66. The van der Waals surface area contributed by atoms with Gasteiger partial charge in [0, 0.05) is 24.2 Å². The Morgan fingerprint density at radius 1 is 1.32 bits per heavy atom. The number of carbonyl (C=O) groups excluding carboxylic acids is 1. The summed E-state index contributed by atoms with van der Waals surface area (Å²) in [6.07, 6.45) is 0.807. The van der Waals surface area contributed by atoms with E-state index in [1.165, 1.54) is 0 Å². The molecule has 1 aromatic heterocycles. The smallest absolute Gasteiger partial charge is 0.226 e. The standard InChI is InChI=1S/C14H17N3O2/c15-11-3-5-13-10(8-11)2-4-12(17-13)9-14(19)16-6-1-7-18/h2-5,8,18H,1,6-7,9,15H2,(H,16,19). The van der Waals surface area contributed by atoms with Crippen molar-refractivity contribution in [3.8, 4) is 0 Å². The quantitative estimate of drug-likeness (QED) is 0.549. The van der Waals surface area contributed by atoms with Crippen molar-refractivity contribution in [1.82, 2.24) is 10.3 Å². The van der Waals surface area contributed by atoms with Crippen LogP contribution >= 0.6 is 0 Å². The Balaban J connectivity index is 2.05. The molecule has 0 bridgehead atoms. The topological polar surface area (TPSA) is 88.2 Å². The van der Waals surface area contributed by atoms with Crippen molar-refractivity contribution in [2.75, 3.05) is 18.9 Å². The Kier molecular flexibility index (Phi) is 4.30. The lowest BCUT2D eigenvalue weighted by atomic mass is 10.1. The molecule has 2 rings (SSSR count). The first-order valence-electron chi connectivity index (χ1n) is 6.22. The molecule has 0 spiro atoms. The second-order valence-corrected chi connectivity index (χ2v) is 4.36. The summed E-state index contributed by atoms with van der Waals surface area (Å²) in [4.78, 5) is 16.0. The Morgan fingerprint density at radius 2 is 2.16 bits per heavy atom. The van der Waals surface area contributed by atoms with Crippen LogP contribution in [-0.4, -0.2) is 29.1 Å². The lowest BCUT2D eigenvalue weighted by Gasteiger charge is -2.05. The van der Waals surface area contributed by atoms with Crippen molar-refractivity contribution in [1.29, 1.82) is 0 Å². The molecule has 0 aliphatic heterocycles. The van der Waals surface area contributed by atoms with Gasteiger partial charge in [-0.3, -0.25) is 9.78 Å². The highest BCUT2D eigenvalue weighted by Crippen LogP contribution is 2.16. The maximum Gasteiger partial charge on any atom is 0.226 e. The van der Waals surface area contributed by atoms with Crippen LogP contribution in [0.4, 0.5) is 5.69 Å². The number of carbonyl (C=O) groups is 1. The van der Waals surface area contributed by atoms with Gasteiger partial charge in [0.1, 0.15) is 0 Å². The third-order valence-electron chi connectivity index (χ3n) is 2.77. The molecule has 0 atom stereocenters. The van der Waals surface area contributed by atoms with Crippen molar-refractivity contribution in [2.45, 2.75) is 12.8 Å². The van der Waals surface area contributed by atoms with Crippen molar-refractivity contribution in [3.05, 3.63) is 36.0 Å². The van der Waals surface area contributed by atoms with Crippen molar-refractivity contribution >= 4 is 22.5 Å². The summed E-state index contributed by atoms with van der Waals surface area (Å²) < 4.78 is 0. The van der Waals surface area contributed by atoms with E-state index in [0.29, 0.717) is 18.7 Å². The number of amides is 1. The van der Waals surface area contributed by atoms with E-state index < -0.39 is 0 Å². The molecule has 1 aromatic carbocycles. The average Bonchev–Trinajstić information content (AvgIpc) is 2.39. The molecule has 100 valence electrons. The molecule has 0 saturated heterocycles. The fourth-order valence-corrected chi connectivity index (χ4v) is 1.82. The third-order valence-corrected chi connectivity index (χ3v) is 2.77. The van der Waals surface area contributed by atoms with Gasteiger partial charge in [0.05, 0.1) is 17.6 Å². The molecule has 0 fully saturated rings. The maximum absolute atomic E-state index is 11.6. The van der Waals surface area contributed by atoms with E-state index in [0.717, 1.165) is 16.6 Å². The summed E-state index contributed by atoms with van der Waals surface area (Å²) in [6.45, 7) is 0.565. The molecule has 1 heterocycles. The second kappa shape index (κ2) is 6.15. The molecule has 0 aliphatic rings. The molecular weight excluding hydrogens is 242 g/mol. The van der Waals surface area contributed by atoms with Gasteiger partial charge in [-0.25, -0.2) is 0 Å². The Labute approximate surface area is 111 Å². The number of nitrogens with one attached hydrogen (secondary N) is 1. The fraction of sp³-hybridized carbons (Fsp3) is 0.286. The SMILES string of the molecule is Nc1ccc2nc(CC(=O)NCCCO)ccc2c1. The number of aromatic nitrogens is 1. The molecule has 0 saturated carbocycles. The van der Waals surface area contributed by atoms with Gasteiger partial charge in [-0.15, -0.1) is 0 Å². The van der Waals surface area contributed by atoms with Crippen LogP contribution < -0.4 is 11.1 Å². The Morgan fingerprint density at radius 3 is 2.95 bits per heavy atom. The highest BCUT2D eigenvalue weighted by molar-refractivity contribution is 5.83. The number of fused-ring (bicyclic) bond motifs is 1. The zero-order chi connectivity index (χ0) is 13.7. The number of benzene rings is 1. The van der Waals surface area contributed by atoms with E-state index >= 15 is 0 Å². The Bertz CT molecular complexity index is 584. The van der Waals surface area contributed by atoms with Crippen molar-refractivity contribution < 1.29 is 9.90 Å². The maximum atomic E-state index is 11.6. The molecule has 0 radical (unpaired) electrons. The number of hydrogen-bond acceptors (Lipinski definition) is 4. The van der Waals surface area contributed by atoms with Crippen molar-refractivity contribution in [2.24, 2.45) is 0 Å². The summed E-state index contributed by atoms with van der Waals surface area (Å²) in [7, 11) is 0. The molecule has 2 aromatic rings. The van der Waals surface area contributed by atoms with Gasteiger partial charge in [0.15, 0.2) is 0 Å². The zero-order valence-electron chi connectivity index (χ0n) is 10.6. The number of aliphatic hydroxyl groups excluding tert-OH is 1. The van der Waals surface area contributed by atoms with Gasteiger partial charge in [-0.2, -0.15) is 0 Å². The van der Waals surface area contributed by atoms with Gasteiger partial charge in [0.2, 0.25) is 5.91 Å². The van der Waals surface area contributed by atoms with Crippen LogP contribution in [0.15, 0.2) is 30.3 Å². The minimum absolute atomic E-state index is 0.0793. The molecule has 5 heteroatoms. The number of pyridine rings is 1. The predicted molar refractivity (Wildman–Crippen MR) is 74.6 cm³/mol. The lowest BCUT2D eigenvalue weighted by Crippen LogP contribution is -2.26. The largest absolute Gasteiger partial charge is 0.399 e. The summed E-state index contributed by atoms with van der Waals surface area (Å²) in [6, 6.07) is 9.23. The predicted octanol–water partition coefficient (Wildman–Crippen LogP) is 0.858. The first-order valence-corrected chi connectivity index (χ1v) is 6.22. The highest BCUT2D eigenvalue weighted by Gasteiger charge is 2.05. The zero-order valence-corrected chi connectivity index (χ0v) is 10.6. The number of nitrogen functional groups attached to an aromatic ring is 1. The average molecular weight is 259 g/mol. The number of aliphatic hydroxyl groups is 1. The first kappa shape index (κ1) is 13.3. The Hall–Kier alpha value is -2.14. The van der Waals surface area contributed by atoms with E-state index in [1.807, 2.05) is 24.3 Å². The lowest BCUT2D eigenvalue weighted by molar-refractivity contribution is -0.120. The normalized spacial score (nSPS) is 10.6. The van der Waals surface area contributed by atoms with Crippen LogP contribution in [0.5, 0.6) is 0 Å². The number of hydrogen-bond donors (Lipinski definition) is 3. The van der Waals surface area contributed by atoms with Crippen LogP contribution in [0.25, 0.3) is 10.9 Å². The minimum atomic E-state index is -0.0873. The van der Waals surface area contributed by atoms with Crippen molar-refractivity contribution in [3.63, 3.8) is 0 Å². The van der Waals surface area contributed by atoms with E-state index in [4.69, 9.17) is 10.8 Å². The summed E-state index contributed by atoms with van der Waals surface area (Å²) in [5.74, 6) is -0.0873. The molecule has 4 N–H and O–H groups in total. The molecule has 19 heavy (non-hydrogen) atoms. The van der Waals surface area contributed by atoms with Gasteiger partial charge in [-0.05, 0) is 30.7 Å². The van der Waals surface area contributed by atoms with E-state index in [1.54, 1.807) is 6.07 Å². The first-order chi connectivity index (χ1) is 9.19. The number of nitrogens with two attached hydrogens (primary N) is 1. The van der Waals surface area contributed by atoms with E-state index in [-0.39, 0.29) is 18.9 Å². The minimum Gasteiger partial charge on any atom is -0.399 e. The molecule has 0 aliphatic carbocycles. The van der Waals surface area contributed by atoms with Gasteiger partial charge < -0.3 is 16.2 Å². The van der Waals surface area contributed by atoms with Gasteiger partial charge in [-0.1, -0.05) is 6.07 Å². The molecule has 5 nitrogen and oxygen atoms in total. The van der Waals surface area contributed by atoms with Gasteiger partial charge >= 0.3 is 0 Å². The van der Waals surface area contributed by atoms with Crippen LogP contribution in [0, 0.1) is 0 Å². The van der Waals surface area contributed by atoms with Crippen LogP contribution in [0.3, 0.4) is 0 Å². The monoisotopic (exact) mass is 259 g/mol. The fourth-order valence-electron chi connectivity index (χ4n) is 1.82. The van der Waals surface area contributed by atoms with Crippen LogP contribution in [0.2, 0.25) is 0 Å². The second-order valence-electron chi connectivity index (χ2n) is 4.36. The van der Waals surface area contributed by atoms with Crippen LogP contribution in [0.1, 0.15) is 12.1 Å². The van der Waals surface area contributed by atoms with E-state index in [9.17, 15) is 4.79 Å². The summed E-state index contributed by atoms with van der Waals surface area (Å²) >= 11 is 0. The number of anilines is 1. The van der Waals surface area contributed by atoms with Gasteiger partial charge in [0.25, 0.3) is 0 Å². The molecule has 1 amide bonds.